The zero-order valence-electron chi connectivity index (χ0n) is 12.9. The number of halogens is 1. The molecule has 3 unspecified atom stereocenters. The first-order chi connectivity index (χ1) is 8.92. The Bertz CT molecular complexity index is 415. The number of hydrogen-bond acceptors (Lipinski definition) is 4. The summed E-state index contributed by atoms with van der Waals surface area (Å²) < 4.78 is 5.16. The van der Waals surface area contributed by atoms with Crippen molar-refractivity contribution < 1.29 is 9.32 Å². The molecule has 0 spiro atoms. The quantitative estimate of drug-likeness (QED) is 0.846. The molecule has 5 nitrogen and oxygen atoms in total. The molecule has 3 N–H and O–H groups in total. The molecule has 0 saturated heterocycles. The van der Waals surface area contributed by atoms with Crippen LogP contribution in [0.5, 0.6) is 0 Å². The van der Waals surface area contributed by atoms with Crippen LogP contribution in [-0.4, -0.2) is 17.1 Å². The number of aryl methyl sites for hydroxylation is 2. The standard InChI is InChI=1S/C14H25N3O2.ClH/c1-6-8(3)13(15)14(18)16-11(7-2)12-9(4)17-19-10(12)5;/h8,11,13H,6-7,15H2,1-5H3,(H,16,18);1H. The van der Waals surface area contributed by atoms with Crippen LogP contribution in [0.15, 0.2) is 4.52 Å². The number of rotatable bonds is 6. The Kier molecular flexibility index (Phi) is 7.83. The lowest BCUT2D eigenvalue weighted by molar-refractivity contribution is -0.124. The molecule has 116 valence electrons. The average Bonchev–Trinajstić information content (AvgIpc) is 2.73. The van der Waals surface area contributed by atoms with Gasteiger partial charge in [-0.1, -0.05) is 32.3 Å². The average molecular weight is 304 g/mol. The van der Waals surface area contributed by atoms with Crippen molar-refractivity contribution in [2.45, 2.75) is 59.5 Å². The van der Waals surface area contributed by atoms with Gasteiger partial charge < -0.3 is 15.6 Å². The summed E-state index contributed by atoms with van der Waals surface area (Å²) in [6, 6.07) is -0.562. The highest BCUT2D eigenvalue weighted by molar-refractivity contribution is 5.85. The van der Waals surface area contributed by atoms with Crippen LogP contribution < -0.4 is 11.1 Å². The molecule has 1 heterocycles. The molecule has 1 aromatic rings. The first-order valence-corrected chi connectivity index (χ1v) is 6.91. The second-order valence-corrected chi connectivity index (χ2v) is 5.12. The van der Waals surface area contributed by atoms with E-state index in [1.165, 1.54) is 0 Å². The van der Waals surface area contributed by atoms with E-state index in [0.717, 1.165) is 29.9 Å². The first kappa shape index (κ1) is 18.9. The second-order valence-electron chi connectivity index (χ2n) is 5.12. The van der Waals surface area contributed by atoms with Crippen molar-refractivity contribution in [3.63, 3.8) is 0 Å². The molecule has 1 amide bonds. The predicted octanol–water partition coefficient (Wildman–Crippen LogP) is 2.65. The molecule has 1 aromatic heterocycles. The number of aromatic nitrogens is 1. The summed E-state index contributed by atoms with van der Waals surface area (Å²) in [7, 11) is 0. The van der Waals surface area contributed by atoms with Gasteiger partial charge in [-0.25, -0.2) is 0 Å². The Labute approximate surface area is 127 Å². The monoisotopic (exact) mass is 303 g/mol. The minimum Gasteiger partial charge on any atom is -0.361 e. The fourth-order valence-electron chi connectivity index (χ4n) is 2.15. The molecule has 3 atom stereocenters. The van der Waals surface area contributed by atoms with Crippen molar-refractivity contribution in [2.24, 2.45) is 11.7 Å². The largest absolute Gasteiger partial charge is 0.361 e. The number of nitrogens with two attached hydrogens (primary N) is 1. The Morgan fingerprint density at radius 3 is 2.35 bits per heavy atom. The highest BCUT2D eigenvalue weighted by Crippen LogP contribution is 2.24. The van der Waals surface area contributed by atoms with Crippen molar-refractivity contribution >= 4 is 18.3 Å². The minimum atomic E-state index is -0.473. The van der Waals surface area contributed by atoms with Gasteiger partial charge in [-0.3, -0.25) is 4.79 Å². The third kappa shape index (κ3) is 4.21. The molecule has 1 rings (SSSR count). The Morgan fingerprint density at radius 1 is 1.35 bits per heavy atom. The summed E-state index contributed by atoms with van der Waals surface area (Å²) >= 11 is 0. The molecule has 6 heteroatoms. The summed E-state index contributed by atoms with van der Waals surface area (Å²) in [4.78, 5) is 12.1. The van der Waals surface area contributed by atoms with Gasteiger partial charge in [0, 0.05) is 5.56 Å². The number of amides is 1. The minimum absolute atomic E-state index is 0. The molecule has 0 radical (unpaired) electrons. The fraction of sp³-hybridized carbons (Fsp3) is 0.714. The van der Waals surface area contributed by atoms with Crippen LogP contribution in [0, 0.1) is 19.8 Å². The lowest BCUT2D eigenvalue weighted by Gasteiger charge is -2.22. The maximum Gasteiger partial charge on any atom is 0.237 e. The van der Waals surface area contributed by atoms with Gasteiger partial charge in [-0.05, 0) is 26.2 Å². The molecule has 0 bridgehead atoms. The highest BCUT2D eigenvalue weighted by Gasteiger charge is 2.25. The van der Waals surface area contributed by atoms with Crippen molar-refractivity contribution in [1.82, 2.24) is 10.5 Å². The SMILES string of the molecule is CCC(NC(=O)C(N)C(C)CC)c1c(C)noc1C.Cl. The first-order valence-electron chi connectivity index (χ1n) is 6.91. The number of hydrogen-bond donors (Lipinski definition) is 2. The van der Waals surface area contributed by atoms with E-state index in [1.807, 2.05) is 34.6 Å². The second kappa shape index (κ2) is 8.27. The molecule has 0 saturated carbocycles. The maximum atomic E-state index is 12.1. The van der Waals surface area contributed by atoms with Gasteiger partial charge in [0.25, 0.3) is 0 Å². The van der Waals surface area contributed by atoms with E-state index < -0.39 is 6.04 Å². The Morgan fingerprint density at radius 2 is 1.95 bits per heavy atom. The third-order valence-electron chi connectivity index (χ3n) is 3.72. The number of nitrogens with zero attached hydrogens (tertiary/aromatic N) is 1. The van der Waals surface area contributed by atoms with Crippen molar-refractivity contribution in [3.05, 3.63) is 17.0 Å². The summed E-state index contributed by atoms with van der Waals surface area (Å²) in [6.07, 6.45) is 1.67. The van der Waals surface area contributed by atoms with Crippen LogP contribution in [0.4, 0.5) is 0 Å². The molecule has 0 aromatic carbocycles. The Hall–Kier alpha value is -1.07. The van der Waals surface area contributed by atoms with Gasteiger partial charge in [-0.15, -0.1) is 12.4 Å². The fourth-order valence-corrected chi connectivity index (χ4v) is 2.15. The van der Waals surface area contributed by atoms with Gasteiger partial charge >= 0.3 is 0 Å². The van der Waals surface area contributed by atoms with E-state index >= 15 is 0 Å². The summed E-state index contributed by atoms with van der Waals surface area (Å²) in [6.45, 7) is 9.78. The lowest BCUT2D eigenvalue weighted by Crippen LogP contribution is -2.45. The van der Waals surface area contributed by atoms with Crippen LogP contribution in [0.1, 0.15) is 56.7 Å². The molecule has 20 heavy (non-hydrogen) atoms. The summed E-state index contributed by atoms with van der Waals surface area (Å²) in [5, 5.41) is 6.93. The van der Waals surface area contributed by atoms with E-state index in [4.69, 9.17) is 10.3 Å². The van der Waals surface area contributed by atoms with Gasteiger partial charge in [0.05, 0.1) is 17.8 Å². The van der Waals surface area contributed by atoms with Crippen LogP contribution in [-0.2, 0) is 4.79 Å². The number of carbonyl (C=O) groups is 1. The van der Waals surface area contributed by atoms with Crippen molar-refractivity contribution in [3.8, 4) is 0 Å². The van der Waals surface area contributed by atoms with Crippen molar-refractivity contribution in [2.75, 3.05) is 0 Å². The molecular formula is C14H26ClN3O2. The summed E-state index contributed by atoms with van der Waals surface area (Å²) in [5.74, 6) is 0.810. The van der Waals surface area contributed by atoms with Crippen LogP contribution in [0.2, 0.25) is 0 Å². The zero-order chi connectivity index (χ0) is 14.6. The normalized spacial score (nSPS) is 15.1. The summed E-state index contributed by atoms with van der Waals surface area (Å²) in [5.41, 5.74) is 7.74. The topological polar surface area (TPSA) is 81.2 Å². The lowest BCUT2D eigenvalue weighted by atomic mass is 9.97. The van der Waals surface area contributed by atoms with Gasteiger partial charge in [0.2, 0.25) is 5.91 Å². The maximum absolute atomic E-state index is 12.1. The zero-order valence-corrected chi connectivity index (χ0v) is 13.7. The van der Waals surface area contributed by atoms with Crippen molar-refractivity contribution in [1.29, 1.82) is 0 Å². The molecule has 0 aliphatic carbocycles. The number of carbonyl (C=O) groups excluding carboxylic acids is 1. The third-order valence-corrected chi connectivity index (χ3v) is 3.72. The van der Waals surface area contributed by atoms with Crippen LogP contribution in [0.25, 0.3) is 0 Å². The molecular weight excluding hydrogens is 278 g/mol. The van der Waals surface area contributed by atoms with E-state index in [0.29, 0.717) is 0 Å². The predicted molar refractivity (Wildman–Crippen MR) is 81.8 cm³/mol. The smallest absolute Gasteiger partial charge is 0.237 e. The van der Waals surface area contributed by atoms with E-state index in [1.54, 1.807) is 0 Å². The molecule has 0 aliphatic heterocycles. The van der Waals surface area contributed by atoms with Gasteiger partial charge in [0.15, 0.2) is 0 Å². The van der Waals surface area contributed by atoms with Gasteiger partial charge in [-0.2, -0.15) is 0 Å². The highest BCUT2D eigenvalue weighted by atomic mass is 35.5. The van der Waals surface area contributed by atoms with E-state index in [9.17, 15) is 4.79 Å². The molecule has 0 fully saturated rings. The van der Waals surface area contributed by atoms with Gasteiger partial charge in [0.1, 0.15) is 5.76 Å². The number of nitrogens with one attached hydrogen (secondary N) is 1. The van der Waals surface area contributed by atoms with E-state index in [-0.39, 0.29) is 30.3 Å². The van der Waals surface area contributed by atoms with Crippen LogP contribution in [0.3, 0.4) is 0 Å². The Balaban J connectivity index is 0.00000361. The van der Waals surface area contributed by atoms with E-state index in [2.05, 4.69) is 10.5 Å². The molecule has 0 aliphatic rings. The van der Waals surface area contributed by atoms with Crippen LogP contribution >= 0.6 is 12.4 Å².